The summed E-state index contributed by atoms with van der Waals surface area (Å²) < 4.78 is 0. The van der Waals surface area contributed by atoms with Crippen molar-refractivity contribution >= 4 is 5.91 Å². The lowest BCUT2D eigenvalue weighted by Crippen LogP contribution is -2.28. The fourth-order valence-corrected chi connectivity index (χ4v) is 0.803. The molecule has 0 aromatic carbocycles. The molecule has 0 saturated carbocycles. The lowest BCUT2D eigenvalue weighted by atomic mass is 10.1. The summed E-state index contributed by atoms with van der Waals surface area (Å²) in [5.41, 5.74) is 4.89. The summed E-state index contributed by atoms with van der Waals surface area (Å²) in [6.45, 7) is 2.08. The second-order valence-corrected chi connectivity index (χ2v) is 2.53. The number of hydrogen-bond acceptors (Lipinski definition) is 2. The van der Waals surface area contributed by atoms with Gasteiger partial charge in [-0.15, -0.1) is 0 Å². The molecule has 0 bridgehead atoms. The first-order valence-corrected chi connectivity index (χ1v) is 3.30. The zero-order valence-electron chi connectivity index (χ0n) is 5.61. The number of carbonyl (C=O) groups excluding carboxylic acids is 1. The Labute approximate surface area is 54.6 Å². The molecule has 1 aliphatic rings. The van der Waals surface area contributed by atoms with Crippen LogP contribution in [0.3, 0.4) is 0 Å². The van der Waals surface area contributed by atoms with Gasteiger partial charge in [0.15, 0.2) is 5.66 Å². The number of amides is 1. The average molecular weight is 128 g/mol. The largest absolute Gasteiger partial charge is 0.327 e. The number of carbonyl (C=O) groups is 1. The zero-order valence-corrected chi connectivity index (χ0v) is 5.61. The quantitative estimate of drug-likeness (QED) is 0.524. The summed E-state index contributed by atoms with van der Waals surface area (Å²) in [4.78, 5) is 10.5. The van der Waals surface area contributed by atoms with Crippen molar-refractivity contribution in [2.75, 3.05) is 0 Å². The minimum absolute atomic E-state index is 0.00375. The molecule has 1 unspecified atom stereocenters. The maximum atomic E-state index is 10.5. The normalized spacial score (nSPS) is 32.0. The van der Waals surface area contributed by atoms with Gasteiger partial charge in [0.25, 0.3) is 5.91 Å². The lowest BCUT2D eigenvalue weighted by Gasteiger charge is -1.99. The van der Waals surface area contributed by atoms with Gasteiger partial charge in [0.2, 0.25) is 0 Å². The van der Waals surface area contributed by atoms with Crippen LogP contribution in [-0.4, -0.2) is 11.6 Å². The number of nitrogens with one attached hydrogen (secondary N) is 1. The third-order valence-corrected chi connectivity index (χ3v) is 1.60. The van der Waals surface area contributed by atoms with Crippen LogP contribution in [0, 0.1) is 0 Å². The lowest BCUT2D eigenvalue weighted by molar-refractivity contribution is -0.112. The second-order valence-electron chi connectivity index (χ2n) is 2.53. The van der Waals surface area contributed by atoms with Crippen LogP contribution in [0.15, 0.2) is 0 Å². The summed E-state index contributed by atoms with van der Waals surface area (Å²) >= 11 is 0. The maximum Gasteiger partial charge on any atom is 0.262 e. The van der Waals surface area contributed by atoms with Crippen molar-refractivity contribution in [1.82, 2.24) is 5.32 Å². The van der Waals surface area contributed by atoms with E-state index in [9.17, 15) is 4.79 Å². The van der Waals surface area contributed by atoms with Gasteiger partial charge < -0.3 is 11.1 Å². The minimum Gasteiger partial charge on any atom is -0.327 e. The standard InChI is InChI=1S/C6H12N2O/c1-2-3-4-6(7)5(9)8-6/h2-4,7H2,1H3,(H,8,9). The van der Waals surface area contributed by atoms with E-state index in [4.69, 9.17) is 5.73 Å². The van der Waals surface area contributed by atoms with E-state index in [-0.39, 0.29) is 5.91 Å². The molecule has 0 spiro atoms. The molecule has 1 atom stereocenters. The molecular weight excluding hydrogens is 116 g/mol. The van der Waals surface area contributed by atoms with E-state index in [0.29, 0.717) is 0 Å². The highest BCUT2D eigenvalue weighted by Crippen LogP contribution is 2.18. The van der Waals surface area contributed by atoms with Crippen LogP contribution in [0.1, 0.15) is 26.2 Å². The molecule has 1 saturated heterocycles. The minimum atomic E-state index is -0.629. The molecule has 0 aromatic rings. The Morgan fingerprint density at radius 2 is 2.33 bits per heavy atom. The summed E-state index contributed by atoms with van der Waals surface area (Å²) in [7, 11) is 0. The van der Waals surface area contributed by atoms with Gasteiger partial charge in [0.05, 0.1) is 0 Å². The van der Waals surface area contributed by atoms with Crippen LogP contribution >= 0.6 is 0 Å². The van der Waals surface area contributed by atoms with Crippen molar-refractivity contribution in [2.24, 2.45) is 5.73 Å². The predicted molar refractivity (Wildman–Crippen MR) is 34.6 cm³/mol. The fourth-order valence-electron chi connectivity index (χ4n) is 0.803. The van der Waals surface area contributed by atoms with Gasteiger partial charge in [-0.1, -0.05) is 13.3 Å². The van der Waals surface area contributed by atoms with Crippen molar-refractivity contribution in [2.45, 2.75) is 31.8 Å². The first-order valence-electron chi connectivity index (χ1n) is 3.30. The van der Waals surface area contributed by atoms with Crippen molar-refractivity contribution in [3.63, 3.8) is 0 Å². The monoisotopic (exact) mass is 128 g/mol. The zero-order chi connectivity index (χ0) is 6.91. The van der Waals surface area contributed by atoms with Gasteiger partial charge in [0.1, 0.15) is 0 Å². The van der Waals surface area contributed by atoms with Crippen molar-refractivity contribution in [3.8, 4) is 0 Å². The Kier molecular flexibility index (Phi) is 1.45. The van der Waals surface area contributed by atoms with E-state index in [1.807, 2.05) is 0 Å². The molecule has 1 heterocycles. The van der Waals surface area contributed by atoms with Gasteiger partial charge in [-0.3, -0.25) is 4.79 Å². The molecule has 0 aromatic heterocycles. The summed E-state index contributed by atoms with van der Waals surface area (Å²) in [6.07, 6.45) is 2.89. The molecule has 1 aliphatic heterocycles. The third kappa shape index (κ3) is 1.21. The molecule has 1 fully saturated rings. The van der Waals surface area contributed by atoms with Gasteiger partial charge in [0, 0.05) is 0 Å². The van der Waals surface area contributed by atoms with Crippen LogP contribution < -0.4 is 11.1 Å². The predicted octanol–water partition coefficient (Wildman–Crippen LogP) is -0.0386. The Balaban J connectivity index is 2.21. The highest BCUT2D eigenvalue weighted by atomic mass is 16.2. The molecule has 3 heteroatoms. The highest BCUT2D eigenvalue weighted by molar-refractivity contribution is 6.01. The van der Waals surface area contributed by atoms with Crippen molar-refractivity contribution < 1.29 is 4.79 Å². The molecular formula is C6H12N2O. The molecule has 1 amide bonds. The molecule has 9 heavy (non-hydrogen) atoms. The van der Waals surface area contributed by atoms with E-state index in [1.54, 1.807) is 0 Å². The number of hydrogen-bond donors (Lipinski definition) is 2. The van der Waals surface area contributed by atoms with Crippen LogP contribution in [0.2, 0.25) is 0 Å². The van der Waals surface area contributed by atoms with E-state index in [2.05, 4.69) is 12.2 Å². The first-order chi connectivity index (χ1) is 4.19. The molecule has 52 valence electrons. The van der Waals surface area contributed by atoms with Gasteiger partial charge in [-0.05, 0) is 12.8 Å². The van der Waals surface area contributed by atoms with E-state index in [0.717, 1.165) is 19.3 Å². The third-order valence-electron chi connectivity index (χ3n) is 1.60. The van der Waals surface area contributed by atoms with Crippen LogP contribution in [0.25, 0.3) is 0 Å². The SMILES string of the molecule is CCCCC1(N)NC1=O. The Bertz CT molecular complexity index is 135. The van der Waals surface area contributed by atoms with E-state index in [1.165, 1.54) is 0 Å². The van der Waals surface area contributed by atoms with Crippen molar-refractivity contribution in [3.05, 3.63) is 0 Å². The number of nitrogens with two attached hydrogens (primary N) is 1. The molecule has 3 nitrogen and oxygen atoms in total. The average Bonchev–Trinajstić information content (AvgIpc) is 2.38. The van der Waals surface area contributed by atoms with Crippen molar-refractivity contribution in [1.29, 1.82) is 0 Å². The van der Waals surface area contributed by atoms with Gasteiger partial charge >= 0.3 is 0 Å². The molecule has 0 radical (unpaired) electrons. The summed E-state index contributed by atoms with van der Waals surface area (Å²) in [5, 5.41) is 2.58. The summed E-state index contributed by atoms with van der Waals surface area (Å²) in [6, 6.07) is 0. The molecule has 3 N–H and O–H groups in total. The topological polar surface area (TPSA) is 65.0 Å². The van der Waals surface area contributed by atoms with E-state index < -0.39 is 5.66 Å². The van der Waals surface area contributed by atoms with Crippen LogP contribution in [0.5, 0.6) is 0 Å². The summed E-state index contributed by atoms with van der Waals surface area (Å²) in [5.74, 6) is -0.00375. The van der Waals surface area contributed by atoms with Gasteiger partial charge in [-0.2, -0.15) is 0 Å². The van der Waals surface area contributed by atoms with E-state index >= 15 is 0 Å². The number of rotatable bonds is 3. The fraction of sp³-hybridized carbons (Fsp3) is 0.833. The molecule has 1 rings (SSSR count). The number of unbranched alkanes of at least 4 members (excludes halogenated alkanes) is 1. The Morgan fingerprint density at radius 1 is 1.78 bits per heavy atom. The first kappa shape index (κ1) is 6.55. The highest BCUT2D eigenvalue weighted by Gasteiger charge is 2.48. The maximum absolute atomic E-state index is 10.5. The Hall–Kier alpha value is -0.570. The second kappa shape index (κ2) is 1.99. The van der Waals surface area contributed by atoms with Crippen LogP contribution in [0.4, 0.5) is 0 Å². The Morgan fingerprint density at radius 3 is 2.67 bits per heavy atom. The van der Waals surface area contributed by atoms with Crippen LogP contribution in [-0.2, 0) is 4.79 Å². The molecule has 0 aliphatic carbocycles. The van der Waals surface area contributed by atoms with Gasteiger partial charge in [-0.25, -0.2) is 0 Å². The smallest absolute Gasteiger partial charge is 0.262 e.